The fraction of sp³-hybridized carbons (Fsp3) is 0.364. The second-order valence-electron chi connectivity index (χ2n) is 3.31. The number of nitrogens with two attached hydrogens (primary N) is 1. The first-order chi connectivity index (χ1) is 7.60. The summed E-state index contributed by atoms with van der Waals surface area (Å²) in [5.41, 5.74) is 6.77. The van der Waals surface area contributed by atoms with Gasteiger partial charge in [-0.1, -0.05) is 11.6 Å². The van der Waals surface area contributed by atoms with Crippen LogP contribution in [0.15, 0.2) is 12.1 Å². The lowest BCUT2D eigenvalue weighted by Gasteiger charge is -2.23. The third-order valence-electron chi connectivity index (χ3n) is 2.29. The van der Waals surface area contributed by atoms with Crippen LogP contribution in [0.4, 0.5) is 15.8 Å². The van der Waals surface area contributed by atoms with Crippen molar-refractivity contribution in [3.63, 3.8) is 0 Å². The monoisotopic (exact) mass is 241 g/mol. The molecule has 5 heteroatoms. The van der Waals surface area contributed by atoms with E-state index in [2.05, 4.69) is 0 Å². The van der Waals surface area contributed by atoms with Gasteiger partial charge >= 0.3 is 0 Å². The Bertz CT molecular complexity index is 414. The highest BCUT2D eigenvalue weighted by Crippen LogP contribution is 2.29. The van der Waals surface area contributed by atoms with Gasteiger partial charge in [0.15, 0.2) is 0 Å². The van der Waals surface area contributed by atoms with Gasteiger partial charge in [-0.25, -0.2) is 4.39 Å². The van der Waals surface area contributed by atoms with Crippen LogP contribution < -0.4 is 10.6 Å². The standard InChI is InChI=1S/C11H13ClFN3/c1-2-16(5-3-4-14)11-7-9(13)8(12)6-10(11)15/h6-7H,2-3,5,15H2,1H3. The Hall–Kier alpha value is -1.47. The molecule has 3 nitrogen and oxygen atoms in total. The minimum Gasteiger partial charge on any atom is -0.397 e. The molecular weight excluding hydrogens is 229 g/mol. The van der Waals surface area contributed by atoms with Crippen molar-refractivity contribution in [2.45, 2.75) is 13.3 Å². The van der Waals surface area contributed by atoms with E-state index in [1.807, 2.05) is 17.9 Å². The Morgan fingerprint density at radius 2 is 2.25 bits per heavy atom. The molecule has 1 aromatic rings. The van der Waals surface area contributed by atoms with Crippen molar-refractivity contribution in [2.24, 2.45) is 0 Å². The van der Waals surface area contributed by atoms with Gasteiger partial charge in [-0.15, -0.1) is 0 Å². The topological polar surface area (TPSA) is 53.0 Å². The van der Waals surface area contributed by atoms with E-state index >= 15 is 0 Å². The quantitative estimate of drug-likeness (QED) is 0.825. The van der Waals surface area contributed by atoms with Gasteiger partial charge in [-0.2, -0.15) is 5.26 Å². The Labute approximate surface area is 99.2 Å². The number of nitrogens with zero attached hydrogens (tertiary/aromatic N) is 2. The van der Waals surface area contributed by atoms with E-state index in [1.165, 1.54) is 12.1 Å². The lowest BCUT2D eigenvalue weighted by atomic mass is 10.2. The fourth-order valence-corrected chi connectivity index (χ4v) is 1.63. The molecular formula is C11H13ClFN3. The van der Waals surface area contributed by atoms with Gasteiger partial charge in [-0.3, -0.25) is 0 Å². The second-order valence-corrected chi connectivity index (χ2v) is 3.72. The molecule has 0 heterocycles. The summed E-state index contributed by atoms with van der Waals surface area (Å²) in [6.07, 6.45) is 0.373. The second kappa shape index (κ2) is 5.57. The fourth-order valence-electron chi connectivity index (χ4n) is 1.46. The molecule has 0 radical (unpaired) electrons. The molecule has 0 saturated heterocycles. The van der Waals surface area contributed by atoms with E-state index in [-0.39, 0.29) is 5.02 Å². The van der Waals surface area contributed by atoms with Crippen LogP contribution in [-0.2, 0) is 0 Å². The number of nitriles is 1. The van der Waals surface area contributed by atoms with Gasteiger partial charge in [0.2, 0.25) is 0 Å². The molecule has 0 aliphatic heterocycles. The predicted octanol–water partition coefficient (Wildman–Crippen LogP) is 2.80. The van der Waals surface area contributed by atoms with Crippen LogP contribution in [-0.4, -0.2) is 13.1 Å². The van der Waals surface area contributed by atoms with Crippen LogP contribution in [0.25, 0.3) is 0 Å². The first-order valence-electron chi connectivity index (χ1n) is 4.96. The zero-order valence-corrected chi connectivity index (χ0v) is 9.76. The molecule has 0 spiro atoms. The predicted molar refractivity (Wildman–Crippen MR) is 63.9 cm³/mol. The molecule has 0 saturated carbocycles. The summed E-state index contributed by atoms with van der Waals surface area (Å²) in [6.45, 7) is 3.11. The highest BCUT2D eigenvalue weighted by molar-refractivity contribution is 6.31. The number of hydrogen-bond donors (Lipinski definition) is 1. The van der Waals surface area contributed by atoms with Crippen LogP contribution in [0, 0.1) is 17.1 Å². The summed E-state index contributed by atoms with van der Waals surface area (Å²) in [5.74, 6) is -0.499. The summed E-state index contributed by atoms with van der Waals surface area (Å²) in [4.78, 5) is 1.85. The molecule has 2 N–H and O–H groups in total. The Morgan fingerprint density at radius 3 is 2.81 bits per heavy atom. The highest BCUT2D eigenvalue weighted by Gasteiger charge is 2.11. The van der Waals surface area contributed by atoms with Crippen molar-refractivity contribution < 1.29 is 4.39 Å². The van der Waals surface area contributed by atoms with E-state index < -0.39 is 5.82 Å². The van der Waals surface area contributed by atoms with Crippen LogP contribution in [0.2, 0.25) is 5.02 Å². The zero-order chi connectivity index (χ0) is 12.1. The molecule has 1 aromatic carbocycles. The van der Waals surface area contributed by atoms with Crippen LogP contribution >= 0.6 is 11.6 Å². The lowest BCUT2D eigenvalue weighted by molar-refractivity contribution is 0.627. The molecule has 0 atom stereocenters. The molecule has 86 valence electrons. The Morgan fingerprint density at radius 1 is 1.56 bits per heavy atom. The minimum atomic E-state index is -0.499. The molecule has 0 aromatic heterocycles. The van der Waals surface area contributed by atoms with Gasteiger partial charge in [0, 0.05) is 19.2 Å². The van der Waals surface area contributed by atoms with Gasteiger partial charge in [0.05, 0.1) is 28.9 Å². The third kappa shape index (κ3) is 2.77. The van der Waals surface area contributed by atoms with E-state index in [9.17, 15) is 4.39 Å². The Kier molecular flexibility index (Phi) is 4.39. The number of anilines is 2. The molecule has 0 fully saturated rings. The van der Waals surface area contributed by atoms with Gasteiger partial charge < -0.3 is 10.6 Å². The Balaban J connectivity index is 3.01. The van der Waals surface area contributed by atoms with Crippen molar-refractivity contribution >= 4 is 23.0 Å². The molecule has 0 bridgehead atoms. The average Bonchev–Trinajstić information content (AvgIpc) is 2.26. The lowest BCUT2D eigenvalue weighted by Crippen LogP contribution is -2.24. The number of halogens is 2. The van der Waals surface area contributed by atoms with Gasteiger partial charge in [0.25, 0.3) is 0 Å². The van der Waals surface area contributed by atoms with E-state index in [1.54, 1.807) is 0 Å². The molecule has 16 heavy (non-hydrogen) atoms. The summed E-state index contributed by atoms with van der Waals surface area (Å²) >= 11 is 5.61. The maximum absolute atomic E-state index is 13.3. The SMILES string of the molecule is CCN(CCC#N)c1cc(F)c(Cl)cc1N. The number of nitrogen functional groups attached to an aromatic ring is 1. The van der Waals surface area contributed by atoms with Crippen molar-refractivity contribution in [3.05, 3.63) is 23.0 Å². The van der Waals surface area contributed by atoms with Crippen LogP contribution in [0.3, 0.4) is 0 Å². The molecule has 0 aliphatic rings. The third-order valence-corrected chi connectivity index (χ3v) is 2.58. The summed E-state index contributed by atoms with van der Waals surface area (Å²) in [5, 5.41) is 8.53. The van der Waals surface area contributed by atoms with Crippen molar-refractivity contribution in [1.29, 1.82) is 5.26 Å². The maximum Gasteiger partial charge on any atom is 0.144 e. The largest absolute Gasteiger partial charge is 0.397 e. The first-order valence-corrected chi connectivity index (χ1v) is 5.34. The first kappa shape index (κ1) is 12.6. The van der Waals surface area contributed by atoms with E-state index in [4.69, 9.17) is 22.6 Å². The van der Waals surface area contributed by atoms with Crippen LogP contribution in [0.5, 0.6) is 0 Å². The van der Waals surface area contributed by atoms with E-state index in [0.717, 1.165) is 0 Å². The van der Waals surface area contributed by atoms with Crippen molar-refractivity contribution in [2.75, 3.05) is 23.7 Å². The van der Waals surface area contributed by atoms with Crippen molar-refractivity contribution in [3.8, 4) is 6.07 Å². The number of hydrogen-bond acceptors (Lipinski definition) is 3. The summed E-state index contributed by atoms with van der Waals surface area (Å²) < 4.78 is 13.3. The average molecular weight is 242 g/mol. The summed E-state index contributed by atoms with van der Waals surface area (Å²) in [7, 11) is 0. The molecule has 0 amide bonds. The summed E-state index contributed by atoms with van der Waals surface area (Å²) in [6, 6.07) is 4.74. The van der Waals surface area contributed by atoms with Gasteiger partial charge in [-0.05, 0) is 13.0 Å². The number of rotatable bonds is 4. The maximum atomic E-state index is 13.3. The molecule has 0 unspecified atom stereocenters. The van der Waals surface area contributed by atoms with Crippen molar-refractivity contribution in [1.82, 2.24) is 0 Å². The van der Waals surface area contributed by atoms with E-state index in [0.29, 0.717) is 30.9 Å². The minimum absolute atomic E-state index is 0.0117. The molecule has 1 rings (SSSR count). The zero-order valence-electron chi connectivity index (χ0n) is 9.00. The normalized spacial score (nSPS) is 9.88. The smallest absolute Gasteiger partial charge is 0.144 e. The number of benzene rings is 1. The molecule has 0 aliphatic carbocycles. The van der Waals surface area contributed by atoms with Gasteiger partial charge in [0.1, 0.15) is 5.82 Å². The van der Waals surface area contributed by atoms with Crippen LogP contribution in [0.1, 0.15) is 13.3 Å². The highest BCUT2D eigenvalue weighted by atomic mass is 35.5.